The van der Waals surface area contributed by atoms with Crippen molar-refractivity contribution < 1.29 is 18.3 Å². The molecular formula is C15H19F3O. The minimum Gasteiger partial charge on any atom is -0.393 e. The Balaban J connectivity index is 2.10. The van der Waals surface area contributed by atoms with Gasteiger partial charge in [-0.2, -0.15) is 13.2 Å². The van der Waals surface area contributed by atoms with Crippen molar-refractivity contribution in [2.45, 2.75) is 44.9 Å². The van der Waals surface area contributed by atoms with E-state index in [-0.39, 0.29) is 12.0 Å². The number of aliphatic hydroxyl groups excluding tert-OH is 1. The Morgan fingerprint density at radius 2 is 2.00 bits per heavy atom. The standard InChI is InChI=1S/C15H19F3O/c1-10-5-6-14(19)12(7-10)8-11-3-2-4-13(9-11)15(16,17)18/h2-4,9-10,12,14,19H,5-8H2,1H3. The van der Waals surface area contributed by atoms with E-state index in [1.165, 1.54) is 12.1 Å². The first kappa shape index (κ1) is 14.4. The molecule has 0 bridgehead atoms. The first-order chi connectivity index (χ1) is 8.86. The highest BCUT2D eigenvalue weighted by atomic mass is 19.4. The van der Waals surface area contributed by atoms with E-state index in [0.29, 0.717) is 17.9 Å². The van der Waals surface area contributed by atoms with Crippen LogP contribution in [0.5, 0.6) is 0 Å². The number of hydrogen-bond donors (Lipinski definition) is 1. The van der Waals surface area contributed by atoms with Crippen LogP contribution < -0.4 is 0 Å². The summed E-state index contributed by atoms with van der Waals surface area (Å²) in [5.41, 5.74) is 0.0522. The van der Waals surface area contributed by atoms with E-state index in [4.69, 9.17) is 0 Å². The first-order valence-corrected chi connectivity index (χ1v) is 6.70. The Hall–Kier alpha value is -1.03. The largest absolute Gasteiger partial charge is 0.416 e. The van der Waals surface area contributed by atoms with Gasteiger partial charge in [0.2, 0.25) is 0 Å². The van der Waals surface area contributed by atoms with Crippen molar-refractivity contribution in [3.05, 3.63) is 35.4 Å². The zero-order chi connectivity index (χ0) is 14.0. The average molecular weight is 272 g/mol. The molecule has 0 amide bonds. The maximum atomic E-state index is 12.6. The van der Waals surface area contributed by atoms with Gasteiger partial charge in [0, 0.05) is 0 Å². The molecule has 1 N–H and O–H groups in total. The molecule has 2 rings (SSSR count). The second kappa shape index (κ2) is 5.53. The summed E-state index contributed by atoms with van der Waals surface area (Å²) in [5, 5.41) is 9.95. The van der Waals surface area contributed by atoms with Gasteiger partial charge in [0.25, 0.3) is 0 Å². The van der Waals surface area contributed by atoms with Crippen LogP contribution in [0.1, 0.15) is 37.3 Å². The van der Waals surface area contributed by atoms with Gasteiger partial charge < -0.3 is 5.11 Å². The molecule has 0 heterocycles. The van der Waals surface area contributed by atoms with Crippen molar-refractivity contribution in [1.82, 2.24) is 0 Å². The van der Waals surface area contributed by atoms with Crippen molar-refractivity contribution in [3.8, 4) is 0 Å². The fourth-order valence-electron chi connectivity index (χ4n) is 2.88. The average Bonchev–Trinajstić information content (AvgIpc) is 2.33. The fourth-order valence-corrected chi connectivity index (χ4v) is 2.88. The van der Waals surface area contributed by atoms with Crippen LogP contribution in [0.4, 0.5) is 13.2 Å². The Morgan fingerprint density at radius 1 is 1.26 bits per heavy atom. The number of benzene rings is 1. The smallest absolute Gasteiger partial charge is 0.393 e. The summed E-state index contributed by atoms with van der Waals surface area (Å²) in [6, 6.07) is 5.44. The minimum atomic E-state index is -4.30. The van der Waals surface area contributed by atoms with Crippen LogP contribution in [0.2, 0.25) is 0 Å². The molecule has 1 aliphatic carbocycles. The lowest BCUT2D eigenvalue weighted by Gasteiger charge is -2.31. The SMILES string of the molecule is CC1CCC(O)C(Cc2cccc(C(F)(F)F)c2)C1. The second-order valence-corrected chi connectivity index (χ2v) is 5.65. The van der Waals surface area contributed by atoms with E-state index in [1.54, 1.807) is 6.07 Å². The van der Waals surface area contributed by atoms with Crippen LogP contribution >= 0.6 is 0 Å². The lowest BCUT2D eigenvalue weighted by atomic mass is 9.77. The van der Waals surface area contributed by atoms with Gasteiger partial charge in [-0.1, -0.05) is 25.1 Å². The Labute approximate surface area is 111 Å². The molecule has 3 unspecified atom stereocenters. The Bertz CT molecular complexity index is 428. The number of alkyl halides is 3. The minimum absolute atomic E-state index is 0.0761. The number of aliphatic hydroxyl groups is 1. The molecule has 3 atom stereocenters. The van der Waals surface area contributed by atoms with Gasteiger partial charge in [-0.25, -0.2) is 0 Å². The van der Waals surface area contributed by atoms with E-state index >= 15 is 0 Å². The van der Waals surface area contributed by atoms with E-state index < -0.39 is 11.7 Å². The molecule has 0 radical (unpaired) electrons. The van der Waals surface area contributed by atoms with Gasteiger partial charge in [0.1, 0.15) is 0 Å². The third-order valence-electron chi connectivity index (χ3n) is 3.96. The molecule has 1 fully saturated rings. The third-order valence-corrected chi connectivity index (χ3v) is 3.96. The van der Waals surface area contributed by atoms with Gasteiger partial charge in [0.05, 0.1) is 11.7 Å². The molecule has 19 heavy (non-hydrogen) atoms. The molecule has 0 aromatic heterocycles. The summed E-state index contributed by atoms with van der Waals surface area (Å²) in [5.74, 6) is 0.617. The maximum absolute atomic E-state index is 12.6. The fraction of sp³-hybridized carbons (Fsp3) is 0.600. The quantitative estimate of drug-likeness (QED) is 0.861. The van der Waals surface area contributed by atoms with Crippen molar-refractivity contribution in [2.24, 2.45) is 11.8 Å². The molecule has 1 nitrogen and oxygen atoms in total. The van der Waals surface area contributed by atoms with Gasteiger partial charge in [-0.05, 0) is 49.1 Å². The van der Waals surface area contributed by atoms with Crippen molar-refractivity contribution in [2.75, 3.05) is 0 Å². The molecule has 1 aliphatic rings. The molecule has 106 valence electrons. The van der Waals surface area contributed by atoms with Crippen LogP contribution in [0.15, 0.2) is 24.3 Å². The first-order valence-electron chi connectivity index (χ1n) is 6.70. The van der Waals surface area contributed by atoms with Crippen molar-refractivity contribution in [3.63, 3.8) is 0 Å². The lowest BCUT2D eigenvalue weighted by Crippen LogP contribution is -2.29. The van der Waals surface area contributed by atoms with E-state index in [2.05, 4.69) is 6.92 Å². The predicted molar refractivity (Wildman–Crippen MR) is 67.7 cm³/mol. The normalized spacial score (nSPS) is 28.4. The van der Waals surface area contributed by atoms with Gasteiger partial charge >= 0.3 is 6.18 Å². The highest BCUT2D eigenvalue weighted by Crippen LogP contribution is 2.33. The molecule has 0 spiro atoms. The molecular weight excluding hydrogens is 253 g/mol. The van der Waals surface area contributed by atoms with Crippen LogP contribution in [0.25, 0.3) is 0 Å². The Morgan fingerprint density at radius 3 is 2.68 bits per heavy atom. The van der Waals surface area contributed by atoms with E-state index in [0.717, 1.165) is 25.3 Å². The van der Waals surface area contributed by atoms with E-state index in [9.17, 15) is 18.3 Å². The van der Waals surface area contributed by atoms with Crippen LogP contribution in [-0.4, -0.2) is 11.2 Å². The number of hydrogen-bond acceptors (Lipinski definition) is 1. The summed E-state index contributed by atoms with van der Waals surface area (Å²) in [4.78, 5) is 0. The molecule has 1 aromatic carbocycles. The maximum Gasteiger partial charge on any atom is 0.416 e. The van der Waals surface area contributed by atoms with Crippen LogP contribution in [0.3, 0.4) is 0 Å². The summed E-state index contributed by atoms with van der Waals surface area (Å²) in [7, 11) is 0. The Kier molecular flexibility index (Phi) is 4.19. The van der Waals surface area contributed by atoms with Crippen molar-refractivity contribution in [1.29, 1.82) is 0 Å². The lowest BCUT2D eigenvalue weighted by molar-refractivity contribution is -0.137. The number of rotatable bonds is 2. The summed E-state index contributed by atoms with van der Waals surface area (Å²) in [6.45, 7) is 2.13. The van der Waals surface area contributed by atoms with Gasteiger partial charge in [0.15, 0.2) is 0 Å². The summed E-state index contributed by atoms with van der Waals surface area (Å²) in [6.07, 6.45) is -1.52. The number of halogens is 3. The van der Waals surface area contributed by atoms with Crippen LogP contribution in [-0.2, 0) is 12.6 Å². The topological polar surface area (TPSA) is 20.2 Å². The van der Waals surface area contributed by atoms with Crippen molar-refractivity contribution >= 4 is 0 Å². The third kappa shape index (κ3) is 3.72. The molecule has 1 saturated carbocycles. The highest BCUT2D eigenvalue weighted by Gasteiger charge is 2.31. The van der Waals surface area contributed by atoms with Gasteiger partial charge in [-0.3, -0.25) is 0 Å². The predicted octanol–water partition coefficient (Wildman–Crippen LogP) is 4.05. The highest BCUT2D eigenvalue weighted by molar-refractivity contribution is 5.26. The van der Waals surface area contributed by atoms with E-state index in [1.807, 2.05) is 0 Å². The molecule has 4 heteroatoms. The van der Waals surface area contributed by atoms with Gasteiger partial charge in [-0.15, -0.1) is 0 Å². The van der Waals surface area contributed by atoms with Crippen LogP contribution in [0, 0.1) is 11.8 Å². The zero-order valence-electron chi connectivity index (χ0n) is 11.0. The molecule has 0 aliphatic heterocycles. The summed E-state index contributed by atoms with van der Waals surface area (Å²) < 4.78 is 37.9. The molecule has 1 aromatic rings. The molecule has 0 saturated heterocycles. The zero-order valence-corrected chi connectivity index (χ0v) is 11.0. The second-order valence-electron chi connectivity index (χ2n) is 5.65. The monoisotopic (exact) mass is 272 g/mol. The summed E-state index contributed by atoms with van der Waals surface area (Å²) >= 11 is 0.